The Morgan fingerprint density at radius 1 is 1.06 bits per heavy atom. The number of aromatic nitrogens is 3. The molecule has 2 heterocycles. The standard InChI is InChI=1S/C26H21N5O/c1-16-13-17(2)27-19(14-16)10-12-24-21-11-9-20(15-25(21)31-30-24)28-23-6-4-3-5-22(23)26(32)29-18-7-8-18/h3-6,9-15,18,28H,1-2H3,(H,29,32)(H,30,31). The van der Waals surface area contributed by atoms with Crippen molar-refractivity contribution in [2.24, 2.45) is 0 Å². The third-order valence-electron chi connectivity index (χ3n) is 5.14. The van der Waals surface area contributed by atoms with Crippen LogP contribution in [-0.2, 0) is 0 Å². The van der Waals surface area contributed by atoms with Gasteiger partial charge in [-0.2, -0.15) is 5.10 Å². The second-order valence-corrected chi connectivity index (χ2v) is 7.78. The fourth-order valence-corrected chi connectivity index (χ4v) is 3.64. The SMILES string of the molecule is Cc1cc(C)nc(C=Cc2n[nH]c3cc(Nc4ccccc4C(=O)NC4C#C4)ccc23)c1. The van der Waals surface area contributed by atoms with Crippen molar-refractivity contribution in [2.45, 2.75) is 19.9 Å². The first-order valence-electron chi connectivity index (χ1n) is 10.3. The number of rotatable bonds is 6. The van der Waals surface area contributed by atoms with Crippen molar-refractivity contribution >= 4 is 40.3 Å². The predicted octanol–water partition coefficient (Wildman–Crippen LogP) is 4.60. The quantitative estimate of drug-likeness (QED) is 0.399. The van der Waals surface area contributed by atoms with Gasteiger partial charge in [0.2, 0.25) is 0 Å². The number of aryl methyl sites for hydroxylation is 2. The van der Waals surface area contributed by atoms with Crippen LogP contribution in [0.5, 0.6) is 0 Å². The number of aromatic amines is 1. The number of benzene rings is 2. The highest BCUT2D eigenvalue weighted by atomic mass is 16.1. The van der Waals surface area contributed by atoms with Gasteiger partial charge in [-0.3, -0.25) is 14.9 Å². The molecule has 5 rings (SSSR count). The number of amides is 1. The highest BCUT2D eigenvalue weighted by molar-refractivity contribution is 6.01. The van der Waals surface area contributed by atoms with Gasteiger partial charge in [0.1, 0.15) is 0 Å². The van der Waals surface area contributed by atoms with Gasteiger partial charge < -0.3 is 10.6 Å². The average molecular weight is 419 g/mol. The van der Waals surface area contributed by atoms with Crippen molar-refractivity contribution in [3.63, 3.8) is 0 Å². The van der Waals surface area contributed by atoms with Gasteiger partial charge in [0, 0.05) is 16.8 Å². The van der Waals surface area contributed by atoms with E-state index in [-0.39, 0.29) is 11.9 Å². The van der Waals surface area contributed by atoms with Crippen LogP contribution in [0.25, 0.3) is 23.1 Å². The van der Waals surface area contributed by atoms with Crippen molar-refractivity contribution in [3.05, 3.63) is 82.8 Å². The summed E-state index contributed by atoms with van der Waals surface area (Å²) >= 11 is 0. The average Bonchev–Trinajstić information content (AvgIpc) is 3.49. The van der Waals surface area contributed by atoms with E-state index in [9.17, 15) is 4.79 Å². The summed E-state index contributed by atoms with van der Waals surface area (Å²) in [5.41, 5.74) is 6.97. The van der Waals surface area contributed by atoms with Crippen LogP contribution < -0.4 is 10.6 Å². The maximum Gasteiger partial charge on any atom is 0.255 e. The number of carbonyl (C=O) groups is 1. The summed E-state index contributed by atoms with van der Waals surface area (Å²) in [5.74, 6) is 5.50. The second kappa shape index (κ2) is 8.05. The Balaban J connectivity index is 1.37. The lowest BCUT2D eigenvalue weighted by Crippen LogP contribution is -2.28. The van der Waals surface area contributed by atoms with Crippen molar-refractivity contribution < 1.29 is 4.79 Å². The fourth-order valence-electron chi connectivity index (χ4n) is 3.64. The molecule has 0 fully saturated rings. The number of H-pyrrole nitrogens is 1. The summed E-state index contributed by atoms with van der Waals surface area (Å²) in [5, 5.41) is 14.7. The Hall–Kier alpha value is -4.37. The van der Waals surface area contributed by atoms with E-state index in [1.807, 2.05) is 61.5 Å². The molecule has 0 bridgehead atoms. The summed E-state index contributed by atoms with van der Waals surface area (Å²) in [6.07, 6.45) is 3.94. The molecule has 0 spiro atoms. The van der Waals surface area contributed by atoms with Crippen molar-refractivity contribution in [3.8, 4) is 11.8 Å². The normalized spacial score (nSPS) is 12.6. The minimum atomic E-state index is -0.178. The monoisotopic (exact) mass is 419 g/mol. The number of nitrogens with one attached hydrogen (secondary N) is 3. The minimum Gasteiger partial charge on any atom is -0.355 e. The molecular formula is C26H21N5O. The Morgan fingerprint density at radius 2 is 1.91 bits per heavy atom. The Kier molecular flexibility index (Phi) is 4.92. The van der Waals surface area contributed by atoms with E-state index < -0.39 is 0 Å². The Labute approximate surface area is 185 Å². The van der Waals surface area contributed by atoms with Crippen LogP contribution in [-0.4, -0.2) is 27.1 Å². The highest BCUT2D eigenvalue weighted by Gasteiger charge is 2.17. The molecular weight excluding hydrogens is 398 g/mol. The zero-order chi connectivity index (χ0) is 22.1. The van der Waals surface area contributed by atoms with Gasteiger partial charge in [-0.05, 0) is 74.0 Å². The molecule has 0 radical (unpaired) electrons. The Bertz CT molecular complexity index is 1410. The minimum absolute atomic E-state index is 0.161. The van der Waals surface area contributed by atoms with Crippen molar-refractivity contribution in [1.82, 2.24) is 20.5 Å². The lowest BCUT2D eigenvalue weighted by molar-refractivity contribution is 0.0955. The predicted molar refractivity (Wildman–Crippen MR) is 127 cm³/mol. The van der Waals surface area contributed by atoms with Gasteiger partial charge in [-0.25, -0.2) is 0 Å². The first kappa shape index (κ1) is 19.6. The van der Waals surface area contributed by atoms with Crippen LogP contribution in [0.2, 0.25) is 0 Å². The van der Waals surface area contributed by atoms with Crippen LogP contribution in [0.15, 0.2) is 54.6 Å². The van der Waals surface area contributed by atoms with E-state index in [0.717, 1.165) is 39.4 Å². The molecule has 156 valence electrons. The summed E-state index contributed by atoms with van der Waals surface area (Å²) in [6.45, 7) is 4.05. The van der Waals surface area contributed by atoms with Gasteiger partial charge in [-0.1, -0.05) is 24.0 Å². The van der Waals surface area contributed by atoms with Gasteiger partial charge in [0.05, 0.1) is 28.2 Å². The molecule has 6 nitrogen and oxygen atoms in total. The molecule has 2 aromatic heterocycles. The molecule has 6 heteroatoms. The second-order valence-electron chi connectivity index (χ2n) is 7.78. The molecule has 32 heavy (non-hydrogen) atoms. The van der Waals surface area contributed by atoms with E-state index in [4.69, 9.17) is 0 Å². The number of anilines is 2. The number of fused-ring (bicyclic) bond motifs is 1. The molecule has 1 aliphatic rings. The summed E-state index contributed by atoms with van der Waals surface area (Å²) in [7, 11) is 0. The van der Waals surface area contributed by atoms with Gasteiger partial charge >= 0.3 is 0 Å². The van der Waals surface area contributed by atoms with Crippen LogP contribution in [0.3, 0.4) is 0 Å². The van der Waals surface area contributed by atoms with E-state index in [1.165, 1.54) is 5.56 Å². The number of hydrogen-bond donors (Lipinski definition) is 3. The number of pyridine rings is 1. The van der Waals surface area contributed by atoms with E-state index in [2.05, 4.69) is 50.6 Å². The molecule has 1 aliphatic carbocycles. The van der Waals surface area contributed by atoms with E-state index in [1.54, 1.807) is 6.07 Å². The van der Waals surface area contributed by atoms with Crippen LogP contribution >= 0.6 is 0 Å². The molecule has 1 amide bonds. The number of para-hydroxylation sites is 1. The molecule has 2 aromatic carbocycles. The third kappa shape index (κ3) is 4.23. The Morgan fingerprint density at radius 3 is 2.72 bits per heavy atom. The number of nitrogens with zero attached hydrogens (tertiary/aromatic N) is 2. The third-order valence-corrected chi connectivity index (χ3v) is 5.14. The van der Waals surface area contributed by atoms with Crippen molar-refractivity contribution in [1.29, 1.82) is 0 Å². The van der Waals surface area contributed by atoms with Gasteiger partial charge in [-0.15, -0.1) is 0 Å². The zero-order valence-corrected chi connectivity index (χ0v) is 17.7. The van der Waals surface area contributed by atoms with Crippen molar-refractivity contribution in [2.75, 3.05) is 5.32 Å². The summed E-state index contributed by atoms with van der Waals surface area (Å²) in [6, 6.07) is 17.3. The maximum absolute atomic E-state index is 12.5. The summed E-state index contributed by atoms with van der Waals surface area (Å²) in [4.78, 5) is 17.0. The first-order valence-corrected chi connectivity index (χ1v) is 10.3. The lowest BCUT2D eigenvalue weighted by atomic mass is 10.1. The molecule has 4 aromatic rings. The molecule has 0 aliphatic heterocycles. The topological polar surface area (TPSA) is 82.7 Å². The largest absolute Gasteiger partial charge is 0.355 e. The lowest BCUT2D eigenvalue weighted by Gasteiger charge is -2.12. The van der Waals surface area contributed by atoms with Crippen LogP contribution in [0, 0.1) is 25.7 Å². The highest BCUT2D eigenvalue weighted by Crippen LogP contribution is 2.26. The zero-order valence-electron chi connectivity index (χ0n) is 17.7. The number of hydrogen-bond acceptors (Lipinski definition) is 4. The summed E-state index contributed by atoms with van der Waals surface area (Å²) < 4.78 is 0. The fraction of sp³-hybridized carbons (Fsp3) is 0.115. The maximum atomic E-state index is 12.5. The molecule has 0 saturated carbocycles. The number of carbonyl (C=O) groups excluding carboxylic acids is 1. The van der Waals surface area contributed by atoms with Gasteiger partial charge in [0.25, 0.3) is 5.91 Å². The van der Waals surface area contributed by atoms with E-state index in [0.29, 0.717) is 5.56 Å². The smallest absolute Gasteiger partial charge is 0.255 e. The first-order chi connectivity index (χ1) is 15.5. The molecule has 0 saturated heterocycles. The van der Waals surface area contributed by atoms with Gasteiger partial charge in [0.15, 0.2) is 6.04 Å². The van der Waals surface area contributed by atoms with Crippen LogP contribution in [0.1, 0.15) is 33.0 Å². The molecule has 0 unspecified atom stereocenters. The van der Waals surface area contributed by atoms with Crippen LogP contribution in [0.4, 0.5) is 11.4 Å². The van der Waals surface area contributed by atoms with E-state index >= 15 is 0 Å². The molecule has 3 N–H and O–H groups in total. The molecule has 0 atom stereocenters.